The van der Waals surface area contributed by atoms with E-state index >= 15 is 0 Å². The Morgan fingerprint density at radius 3 is 0.545 bits per heavy atom. The molecule has 0 bridgehead atoms. The molecule has 8 N–H and O–H groups in total. The van der Waals surface area contributed by atoms with E-state index in [1.54, 1.807) is 0 Å². The summed E-state index contributed by atoms with van der Waals surface area (Å²) in [5, 5.41) is 0. The maximum absolute atomic E-state index is 7.33. The first-order valence-electron chi connectivity index (χ1n) is 1.79. The van der Waals surface area contributed by atoms with E-state index < -0.39 is 18.1 Å². The molecule has 0 aromatic rings. The fourth-order valence-corrected chi connectivity index (χ4v) is 0. The summed E-state index contributed by atoms with van der Waals surface area (Å²) in [7, 11) is -9.22. The molecule has 0 aromatic heterocycles. The van der Waals surface area contributed by atoms with Crippen molar-refractivity contribution in [1.82, 2.24) is 0 Å². The van der Waals surface area contributed by atoms with Crippen LogP contribution in [0.15, 0.2) is 0 Å². The van der Waals surface area contributed by atoms with Crippen LogP contribution in [0.3, 0.4) is 0 Å². The summed E-state index contributed by atoms with van der Waals surface area (Å²) in [6.45, 7) is 0. The monoisotopic (exact) mass is 218 g/mol. The molecule has 0 unspecified atom stereocenters. The second kappa shape index (κ2) is 6.40. The minimum Gasteiger partial charge on any atom is -1.00 e. The summed E-state index contributed by atoms with van der Waals surface area (Å²) in [4.78, 5) is 58.6. The van der Waals surface area contributed by atoms with E-state index in [-0.39, 0.29) is 25.9 Å². The van der Waals surface area contributed by atoms with Gasteiger partial charge in [-0.15, -0.1) is 0 Å². The van der Waals surface area contributed by atoms with Crippen LogP contribution in [0.4, 0.5) is 0 Å². The van der Waals surface area contributed by atoms with Crippen molar-refractivity contribution < 1.29 is 41.2 Å². The molecule has 0 aliphatic rings. The second-order valence-corrected chi connectivity index (χ2v) is 3.60. The average molecular weight is 219 g/mol. The Morgan fingerprint density at radius 1 is 0.545 bits per heavy atom. The van der Waals surface area contributed by atoms with Gasteiger partial charge in [0.05, 0.1) is 0 Å². The summed E-state index contributed by atoms with van der Waals surface area (Å²) in [5.74, 6) is 0. The smallest absolute Gasteiger partial charge is 1.00 e. The molecule has 0 rings (SSSR count). The molecule has 0 fully saturated rings. The van der Waals surface area contributed by atoms with E-state index in [1.165, 1.54) is 0 Å². The minimum atomic E-state index is -4.61. The molecule has 0 atom stereocenters. The van der Waals surface area contributed by atoms with Gasteiger partial charge in [-0.1, -0.05) is 0 Å². The Hall–Kier alpha value is 0.880. The first-order chi connectivity index (χ1) is 4.00. The number of rotatable bonds is 0. The summed E-state index contributed by atoms with van der Waals surface area (Å²) < 4.78 is 0. The fourth-order valence-electron chi connectivity index (χ4n) is 0. The van der Waals surface area contributed by atoms with Crippen molar-refractivity contribution in [2.45, 2.75) is 0 Å². The van der Waals surface area contributed by atoms with Gasteiger partial charge in [0.2, 0.25) is 0 Å². The molecule has 8 nitrogen and oxygen atoms in total. The van der Waals surface area contributed by atoms with Gasteiger partial charge in [0.25, 0.3) is 0 Å². The van der Waals surface area contributed by atoms with Gasteiger partial charge >= 0.3 is 41.1 Å². The van der Waals surface area contributed by atoms with Gasteiger partial charge in [-0.05, 0) is 0 Å². The Bertz CT molecular complexity index is 63.1. The summed E-state index contributed by atoms with van der Waals surface area (Å²) in [6.07, 6.45) is 0. The van der Waals surface area contributed by atoms with Crippen molar-refractivity contribution in [1.29, 1.82) is 0 Å². The third-order valence-corrected chi connectivity index (χ3v) is 0. The quantitative estimate of drug-likeness (QED) is 0.187. The summed E-state index contributed by atoms with van der Waals surface area (Å²) in [5.41, 5.74) is 0. The Labute approximate surface area is 82.7 Å². The van der Waals surface area contributed by atoms with E-state index in [2.05, 4.69) is 0 Å². The summed E-state index contributed by atoms with van der Waals surface area (Å²) >= 11 is 0. The van der Waals surface area contributed by atoms with Gasteiger partial charge in [0, 0.05) is 0 Å². The first-order valence-corrected chi connectivity index (χ1v) is 5.37. The minimum absolute atomic E-state index is 0. The molecule has 0 saturated heterocycles. The zero-order valence-electron chi connectivity index (χ0n) is 7.28. The largest absolute Gasteiger partial charge is 2.00 e. The second-order valence-electron chi connectivity index (χ2n) is 1.20. The molecule has 11 heteroatoms. The van der Waals surface area contributed by atoms with Crippen LogP contribution in [0.25, 0.3) is 0 Å². The van der Waals surface area contributed by atoms with Crippen molar-refractivity contribution in [3.63, 3.8) is 0 Å². The molecule has 0 aliphatic heterocycles. The van der Waals surface area contributed by atoms with Crippen molar-refractivity contribution >= 4 is 41.1 Å². The maximum Gasteiger partial charge on any atom is 2.00 e. The molecular formula is H10MgO8Si2. The average Bonchev–Trinajstić information content (AvgIpc) is 1.12. The molecule has 0 spiro atoms. The molecule has 0 aliphatic carbocycles. The van der Waals surface area contributed by atoms with E-state index in [1.807, 2.05) is 0 Å². The SMILES string of the molecule is O[Si](O)(O)O.O[Si](O)(O)O.[H-].[H-].[Mg+2]. The van der Waals surface area contributed by atoms with Crippen LogP contribution in [0, 0.1) is 0 Å². The molecule has 0 heterocycles. The maximum atomic E-state index is 7.33. The van der Waals surface area contributed by atoms with Crippen molar-refractivity contribution in [2.75, 3.05) is 0 Å². The van der Waals surface area contributed by atoms with Gasteiger partial charge in [0.1, 0.15) is 0 Å². The predicted octanol–water partition coefficient (Wildman–Crippen LogP) is -5.37. The van der Waals surface area contributed by atoms with Crippen molar-refractivity contribution in [3.05, 3.63) is 0 Å². The number of hydrogen-bond donors (Lipinski definition) is 8. The van der Waals surface area contributed by atoms with Crippen LogP contribution in [-0.4, -0.2) is 79.5 Å². The molecular weight excluding hydrogens is 208 g/mol. The zero-order valence-corrected chi connectivity index (χ0v) is 8.70. The van der Waals surface area contributed by atoms with Crippen molar-refractivity contribution in [2.24, 2.45) is 0 Å². The molecule has 0 saturated carbocycles. The van der Waals surface area contributed by atoms with Gasteiger partial charge in [0.15, 0.2) is 0 Å². The summed E-state index contributed by atoms with van der Waals surface area (Å²) in [6, 6.07) is 0. The standard InChI is InChI=1S/Mg.2H4O4Si.2H/c;2*1-5(2,3)4;;/h;2*1-4H;;/q+2;;;2*-1. The topological polar surface area (TPSA) is 162 Å². The fraction of sp³-hybridized carbons (Fsp3) is 0. The molecule has 11 heavy (non-hydrogen) atoms. The van der Waals surface area contributed by atoms with Crippen LogP contribution < -0.4 is 0 Å². The third kappa shape index (κ3) is 1110. The van der Waals surface area contributed by atoms with Crippen LogP contribution in [-0.2, 0) is 0 Å². The van der Waals surface area contributed by atoms with Gasteiger partial charge in [-0.25, -0.2) is 0 Å². The predicted molar refractivity (Wildman–Crippen MR) is 37.2 cm³/mol. The first kappa shape index (κ1) is 17.8. The third-order valence-electron chi connectivity index (χ3n) is 0. The Kier molecular flexibility index (Phi) is 10.4. The van der Waals surface area contributed by atoms with E-state index in [4.69, 9.17) is 38.4 Å². The van der Waals surface area contributed by atoms with Crippen LogP contribution in [0.1, 0.15) is 2.85 Å². The van der Waals surface area contributed by atoms with Gasteiger partial charge in [-0.2, -0.15) is 0 Å². The normalized spacial score (nSPS) is 10.9. The van der Waals surface area contributed by atoms with Crippen LogP contribution in [0.5, 0.6) is 0 Å². The van der Waals surface area contributed by atoms with Crippen LogP contribution >= 0.6 is 0 Å². The molecule has 0 aromatic carbocycles. The Morgan fingerprint density at radius 2 is 0.545 bits per heavy atom. The Balaban J connectivity index is -0.0000000267. The van der Waals surface area contributed by atoms with Gasteiger partial charge < -0.3 is 41.2 Å². The van der Waals surface area contributed by atoms with Crippen molar-refractivity contribution in [3.8, 4) is 0 Å². The van der Waals surface area contributed by atoms with E-state index in [9.17, 15) is 0 Å². The van der Waals surface area contributed by atoms with E-state index in [0.717, 1.165) is 0 Å². The molecule has 0 radical (unpaired) electrons. The number of hydrogen-bond acceptors (Lipinski definition) is 8. The van der Waals surface area contributed by atoms with E-state index in [0.29, 0.717) is 0 Å². The molecule has 68 valence electrons. The zero-order chi connectivity index (χ0) is 9.00. The van der Waals surface area contributed by atoms with Crippen LogP contribution in [0.2, 0.25) is 0 Å². The van der Waals surface area contributed by atoms with Gasteiger partial charge in [-0.3, -0.25) is 0 Å². The molecule has 0 amide bonds.